The number of benzene rings is 1. The Morgan fingerprint density at radius 3 is 2.30 bits per heavy atom. The molecule has 6 rings (SSSR count). The molecule has 1 aromatic rings. The highest BCUT2D eigenvalue weighted by Crippen LogP contribution is 2.77. The molecule has 3 N–H and O–H groups in total. The number of carbonyl (C=O) groups is 2. The Balaban J connectivity index is 1.25. The van der Waals surface area contributed by atoms with E-state index in [1.165, 1.54) is 68.9 Å². The molecule has 236 valence electrons. The SMILES string of the molecule is CNC(=O)CCNCC12CCCC1C1CCC3C4(C)CC=C(c5ccc(C(=O)O)cc5)C(C)(C)C4CCC3(C)[C@]1(C)CC2. The molecule has 43 heavy (non-hydrogen) atoms. The van der Waals surface area contributed by atoms with E-state index in [1.807, 2.05) is 12.1 Å². The molecule has 0 saturated heterocycles. The van der Waals surface area contributed by atoms with Gasteiger partial charge >= 0.3 is 5.97 Å². The second-order valence-corrected chi connectivity index (χ2v) is 16.6. The Kier molecular flexibility index (Phi) is 7.71. The molecule has 0 radical (unpaired) electrons. The van der Waals surface area contributed by atoms with Crippen molar-refractivity contribution < 1.29 is 14.7 Å². The second kappa shape index (κ2) is 10.7. The number of allylic oxidation sites excluding steroid dienone is 2. The normalized spacial score (nSPS) is 41.2. The van der Waals surface area contributed by atoms with Gasteiger partial charge in [0.2, 0.25) is 5.91 Å². The van der Waals surface area contributed by atoms with Crippen molar-refractivity contribution in [3.63, 3.8) is 0 Å². The zero-order chi connectivity index (χ0) is 30.8. The number of hydrogen-bond acceptors (Lipinski definition) is 3. The molecular weight excluding hydrogens is 532 g/mol. The first kappa shape index (κ1) is 30.9. The van der Waals surface area contributed by atoms with Crippen LogP contribution in [0.15, 0.2) is 30.3 Å². The third kappa shape index (κ3) is 4.57. The van der Waals surface area contributed by atoms with Crippen LogP contribution >= 0.6 is 0 Å². The van der Waals surface area contributed by atoms with Gasteiger partial charge in [0.25, 0.3) is 0 Å². The average molecular weight is 589 g/mol. The third-order valence-electron chi connectivity index (χ3n) is 14.8. The van der Waals surface area contributed by atoms with E-state index in [0.717, 1.165) is 37.3 Å². The van der Waals surface area contributed by atoms with Crippen LogP contribution in [0, 0.1) is 50.7 Å². The van der Waals surface area contributed by atoms with Crippen LogP contribution in [0.25, 0.3) is 5.57 Å². The standard InChI is InChI=1S/C38H56N2O3/c1-34(2)27(25-9-11-26(12-10-25)33(42)43)15-19-35(3)30(34)16-20-37(5)31(35)14-13-28-29-8-7-18-38(29,22-21-36(28,37)4)24-40-23-17-32(41)39-6/h9-12,15,28-31,40H,7-8,13-14,16-24H2,1-6H3,(H,39,41)(H,42,43)/t28?,29?,30?,31?,35?,36-,37?,38?/m1/s1. The van der Waals surface area contributed by atoms with Crippen LogP contribution in [0.2, 0.25) is 0 Å². The van der Waals surface area contributed by atoms with Gasteiger partial charge in [-0.3, -0.25) is 4.79 Å². The summed E-state index contributed by atoms with van der Waals surface area (Å²) >= 11 is 0. The van der Waals surface area contributed by atoms with Crippen LogP contribution < -0.4 is 10.6 Å². The van der Waals surface area contributed by atoms with Gasteiger partial charge in [-0.1, -0.05) is 59.2 Å². The number of carboxylic acids is 1. The second-order valence-electron chi connectivity index (χ2n) is 16.6. The summed E-state index contributed by atoms with van der Waals surface area (Å²) in [6.45, 7) is 14.9. The number of aromatic carboxylic acids is 1. The van der Waals surface area contributed by atoms with E-state index in [9.17, 15) is 14.7 Å². The first-order valence-corrected chi connectivity index (χ1v) is 17.3. The lowest BCUT2D eigenvalue weighted by Crippen LogP contribution is -2.65. The van der Waals surface area contributed by atoms with E-state index >= 15 is 0 Å². The summed E-state index contributed by atoms with van der Waals surface area (Å²) < 4.78 is 0. The first-order chi connectivity index (χ1) is 20.3. The fourth-order valence-corrected chi connectivity index (χ4v) is 12.6. The quantitative estimate of drug-likeness (QED) is 0.282. The van der Waals surface area contributed by atoms with Crippen LogP contribution in [0.1, 0.15) is 121 Å². The monoisotopic (exact) mass is 588 g/mol. The number of hydrogen-bond donors (Lipinski definition) is 3. The molecule has 0 spiro atoms. The number of fused-ring (bicyclic) bond motifs is 7. The fraction of sp³-hybridized carbons (Fsp3) is 0.737. The van der Waals surface area contributed by atoms with Crippen molar-refractivity contribution in [3.8, 4) is 0 Å². The molecule has 0 heterocycles. The summed E-state index contributed by atoms with van der Waals surface area (Å²) in [6.07, 6.45) is 16.3. The van der Waals surface area contributed by atoms with Crippen LogP contribution in [-0.2, 0) is 4.79 Å². The van der Waals surface area contributed by atoms with Crippen molar-refractivity contribution in [2.24, 2.45) is 50.7 Å². The molecule has 5 aliphatic carbocycles. The maximum absolute atomic E-state index is 11.8. The summed E-state index contributed by atoms with van der Waals surface area (Å²) in [5, 5.41) is 15.9. The van der Waals surface area contributed by atoms with Gasteiger partial charge in [-0.2, -0.15) is 0 Å². The minimum atomic E-state index is -0.860. The lowest BCUT2D eigenvalue weighted by molar-refractivity contribution is -0.222. The topological polar surface area (TPSA) is 78.4 Å². The summed E-state index contributed by atoms with van der Waals surface area (Å²) in [7, 11) is 1.73. The van der Waals surface area contributed by atoms with E-state index in [0.29, 0.717) is 34.1 Å². The molecule has 1 aromatic carbocycles. The van der Waals surface area contributed by atoms with Crippen molar-refractivity contribution in [2.75, 3.05) is 20.1 Å². The van der Waals surface area contributed by atoms with Crippen molar-refractivity contribution >= 4 is 17.4 Å². The zero-order valence-corrected chi connectivity index (χ0v) is 27.7. The van der Waals surface area contributed by atoms with E-state index in [-0.39, 0.29) is 16.7 Å². The Morgan fingerprint density at radius 1 is 0.860 bits per heavy atom. The van der Waals surface area contributed by atoms with Gasteiger partial charge in [-0.05, 0) is 132 Å². The summed E-state index contributed by atoms with van der Waals surface area (Å²) in [6, 6.07) is 7.60. The van der Waals surface area contributed by atoms with Crippen LogP contribution in [0.4, 0.5) is 0 Å². The smallest absolute Gasteiger partial charge is 0.335 e. The lowest BCUT2D eigenvalue weighted by Gasteiger charge is -2.72. The molecule has 5 nitrogen and oxygen atoms in total. The first-order valence-electron chi connectivity index (χ1n) is 17.3. The Bertz CT molecular complexity index is 1280. The summed E-state index contributed by atoms with van der Waals surface area (Å²) in [5.74, 6) is 2.23. The van der Waals surface area contributed by atoms with E-state index in [1.54, 1.807) is 19.2 Å². The molecule has 5 aliphatic rings. The number of carboxylic acid groups (broad SMARTS) is 1. The highest BCUT2D eigenvalue weighted by Gasteiger charge is 2.69. The molecule has 4 saturated carbocycles. The number of carbonyl (C=O) groups excluding carboxylic acids is 1. The maximum atomic E-state index is 11.8. The van der Waals surface area contributed by atoms with Crippen LogP contribution in [0.5, 0.6) is 0 Å². The van der Waals surface area contributed by atoms with E-state index in [4.69, 9.17) is 0 Å². The number of amides is 1. The lowest BCUT2D eigenvalue weighted by atomic mass is 9.32. The van der Waals surface area contributed by atoms with Gasteiger partial charge in [-0.15, -0.1) is 0 Å². The molecular formula is C38H56N2O3. The maximum Gasteiger partial charge on any atom is 0.335 e. The van der Waals surface area contributed by atoms with Crippen LogP contribution in [-0.4, -0.2) is 37.1 Å². The highest BCUT2D eigenvalue weighted by molar-refractivity contribution is 5.88. The van der Waals surface area contributed by atoms with Crippen LogP contribution in [0.3, 0.4) is 0 Å². The highest BCUT2D eigenvalue weighted by atomic mass is 16.4. The molecule has 0 aliphatic heterocycles. The zero-order valence-electron chi connectivity index (χ0n) is 27.7. The third-order valence-corrected chi connectivity index (χ3v) is 14.8. The fourth-order valence-electron chi connectivity index (χ4n) is 12.6. The average Bonchev–Trinajstić information content (AvgIpc) is 3.39. The predicted octanol–water partition coefficient (Wildman–Crippen LogP) is 7.96. The predicted molar refractivity (Wildman–Crippen MR) is 174 cm³/mol. The van der Waals surface area contributed by atoms with Crippen molar-refractivity contribution in [1.82, 2.24) is 10.6 Å². The van der Waals surface area contributed by atoms with E-state index in [2.05, 4.69) is 51.3 Å². The van der Waals surface area contributed by atoms with Gasteiger partial charge in [0.05, 0.1) is 5.56 Å². The van der Waals surface area contributed by atoms with Gasteiger partial charge in [0, 0.05) is 26.6 Å². The summed E-state index contributed by atoms with van der Waals surface area (Å²) in [5.41, 5.74) is 4.43. The van der Waals surface area contributed by atoms with Gasteiger partial charge in [-0.25, -0.2) is 4.79 Å². The Hall–Kier alpha value is -2.14. The molecule has 4 fully saturated rings. The minimum Gasteiger partial charge on any atom is -0.478 e. The van der Waals surface area contributed by atoms with E-state index < -0.39 is 5.97 Å². The molecule has 0 bridgehead atoms. The number of nitrogens with one attached hydrogen (secondary N) is 2. The van der Waals surface area contributed by atoms with Crippen molar-refractivity contribution in [3.05, 3.63) is 41.5 Å². The Labute approximate surface area is 260 Å². The molecule has 1 amide bonds. The largest absolute Gasteiger partial charge is 0.478 e. The minimum absolute atomic E-state index is 0.0460. The molecule has 8 atom stereocenters. The number of rotatable bonds is 7. The van der Waals surface area contributed by atoms with Gasteiger partial charge in [0.15, 0.2) is 0 Å². The van der Waals surface area contributed by atoms with Crippen molar-refractivity contribution in [1.29, 1.82) is 0 Å². The van der Waals surface area contributed by atoms with Crippen molar-refractivity contribution in [2.45, 2.75) is 105 Å². The molecule has 0 aromatic heterocycles. The molecule has 7 unspecified atom stereocenters. The molecule has 5 heteroatoms. The van der Waals surface area contributed by atoms with Gasteiger partial charge in [0.1, 0.15) is 0 Å². The van der Waals surface area contributed by atoms with Gasteiger partial charge < -0.3 is 15.7 Å². The summed E-state index contributed by atoms with van der Waals surface area (Å²) in [4.78, 5) is 23.3. The Morgan fingerprint density at radius 2 is 1.60 bits per heavy atom.